The van der Waals surface area contributed by atoms with E-state index in [1.165, 1.54) is 0 Å². The van der Waals surface area contributed by atoms with Gasteiger partial charge in [-0.05, 0) is 35.2 Å². The average Bonchev–Trinajstić information content (AvgIpc) is 3.04. The van der Waals surface area contributed by atoms with Gasteiger partial charge in [0.15, 0.2) is 0 Å². The summed E-state index contributed by atoms with van der Waals surface area (Å²) in [6.45, 7) is 3.18. The molecule has 3 rings (SSSR count). The van der Waals surface area contributed by atoms with Gasteiger partial charge < -0.3 is 9.84 Å². The van der Waals surface area contributed by atoms with Crippen LogP contribution >= 0.6 is 0 Å². The van der Waals surface area contributed by atoms with Crippen molar-refractivity contribution in [1.29, 1.82) is 0 Å². The van der Waals surface area contributed by atoms with Crippen molar-refractivity contribution in [3.05, 3.63) is 77.1 Å². The molecule has 1 aromatic heterocycles. The Balaban J connectivity index is 2.02. The first-order valence-corrected chi connectivity index (χ1v) is 9.09. The molecule has 0 bridgehead atoms. The minimum Gasteiger partial charge on any atom is -0.478 e. The van der Waals surface area contributed by atoms with Crippen molar-refractivity contribution in [3.63, 3.8) is 0 Å². The summed E-state index contributed by atoms with van der Waals surface area (Å²) in [4.78, 5) is 11.6. The zero-order valence-electron chi connectivity index (χ0n) is 15.7. The molecule has 0 aliphatic heterocycles. The van der Waals surface area contributed by atoms with Crippen LogP contribution in [0.15, 0.2) is 54.6 Å². The fourth-order valence-electron chi connectivity index (χ4n) is 3.28. The first-order valence-electron chi connectivity index (χ1n) is 9.09. The molecule has 27 heavy (non-hydrogen) atoms. The van der Waals surface area contributed by atoms with Crippen LogP contribution in [0.5, 0.6) is 0 Å². The second-order valence-corrected chi connectivity index (χ2v) is 6.48. The fourth-order valence-corrected chi connectivity index (χ4v) is 3.28. The van der Waals surface area contributed by atoms with Crippen LogP contribution < -0.4 is 0 Å². The Bertz CT molecular complexity index is 931. The number of rotatable bonds is 8. The number of benzene rings is 2. The molecule has 0 saturated heterocycles. The predicted octanol–water partition coefficient (Wildman–Crippen LogP) is 4.40. The van der Waals surface area contributed by atoms with Gasteiger partial charge in [-0.25, -0.2) is 4.79 Å². The van der Waals surface area contributed by atoms with Crippen molar-refractivity contribution in [3.8, 4) is 11.1 Å². The summed E-state index contributed by atoms with van der Waals surface area (Å²) in [7, 11) is 1.67. The lowest BCUT2D eigenvalue weighted by molar-refractivity contribution is 0.0697. The molecule has 0 aliphatic rings. The number of carboxylic acid groups (broad SMARTS) is 1. The molecule has 0 amide bonds. The highest BCUT2D eigenvalue weighted by molar-refractivity contribution is 5.96. The summed E-state index contributed by atoms with van der Waals surface area (Å²) in [5.74, 6) is -0.926. The third-order valence-electron chi connectivity index (χ3n) is 4.50. The molecular weight excluding hydrogens is 340 g/mol. The van der Waals surface area contributed by atoms with E-state index in [2.05, 4.69) is 13.0 Å². The van der Waals surface area contributed by atoms with E-state index in [1.54, 1.807) is 19.2 Å². The van der Waals surface area contributed by atoms with E-state index in [1.807, 2.05) is 41.1 Å². The molecule has 0 radical (unpaired) electrons. The van der Waals surface area contributed by atoms with E-state index in [9.17, 15) is 9.90 Å². The Morgan fingerprint density at radius 1 is 1.11 bits per heavy atom. The summed E-state index contributed by atoms with van der Waals surface area (Å²) < 4.78 is 7.28. The first-order chi connectivity index (χ1) is 13.1. The maximum Gasteiger partial charge on any atom is 0.336 e. The van der Waals surface area contributed by atoms with E-state index in [-0.39, 0.29) is 0 Å². The van der Waals surface area contributed by atoms with Crippen LogP contribution in [-0.2, 0) is 24.3 Å². The van der Waals surface area contributed by atoms with Gasteiger partial charge in [0.05, 0.1) is 30.1 Å². The number of hydrogen-bond donors (Lipinski definition) is 1. The number of aromatic nitrogens is 2. The molecule has 1 N–H and O–H groups in total. The van der Waals surface area contributed by atoms with Crippen molar-refractivity contribution in [2.45, 2.75) is 32.9 Å². The number of hydrogen-bond acceptors (Lipinski definition) is 3. The van der Waals surface area contributed by atoms with Crippen LogP contribution in [-0.4, -0.2) is 28.0 Å². The normalized spacial score (nSPS) is 10.9. The van der Waals surface area contributed by atoms with Gasteiger partial charge >= 0.3 is 5.97 Å². The van der Waals surface area contributed by atoms with Gasteiger partial charge in [0.2, 0.25) is 0 Å². The number of nitrogens with zero attached hydrogens (tertiary/aromatic N) is 2. The second-order valence-electron chi connectivity index (χ2n) is 6.48. The Morgan fingerprint density at radius 2 is 1.81 bits per heavy atom. The molecule has 0 saturated carbocycles. The lowest BCUT2D eigenvalue weighted by atomic mass is 9.95. The summed E-state index contributed by atoms with van der Waals surface area (Å²) in [5.41, 5.74) is 5.01. The van der Waals surface area contributed by atoms with Crippen molar-refractivity contribution in [2.75, 3.05) is 7.11 Å². The van der Waals surface area contributed by atoms with Gasteiger partial charge in [-0.1, -0.05) is 55.8 Å². The smallest absolute Gasteiger partial charge is 0.336 e. The quantitative estimate of drug-likeness (QED) is 0.644. The summed E-state index contributed by atoms with van der Waals surface area (Å²) in [5, 5.41) is 14.3. The van der Waals surface area contributed by atoms with E-state index in [0.29, 0.717) is 18.7 Å². The highest BCUT2D eigenvalue weighted by Gasteiger charge is 2.15. The van der Waals surface area contributed by atoms with Crippen LogP contribution in [0.3, 0.4) is 0 Å². The fraction of sp³-hybridized carbons (Fsp3) is 0.273. The zero-order chi connectivity index (χ0) is 19.2. The molecule has 5 nitrogen and oxygen atoms in total. The van der Waals surface area contributed by atoms with Crippen molar-refractivity contribution < 1.29 is 14.6 Å². The highest BCUT2D eigenvalue weighted by Crippen LogP contribution is 2.28. The molecule has 1 heterocycles. The molecule has 3 aromatic rings. The molecule has 0 aliphatic carbocycles. The molecule has 0 spiro atoms. The lowest BCUT2D eigenvalue weighted by Crippen LogP contribution is -2.09. The molecule has 5 heteroatoms. The number of ether oxygens (including phenoxy) is 1. The van der Waals surface area contributed by atoms with Gasteiger partial charge in [-0.2, -0.15) is 5.10 Å². The lowest BCUT2D eigenvalue weighted by Gasteiger charge is -2.13. The predicted molar refractivity (Wildman–Crippen MR) is 105 cm³/mol. The molecular formula is C22H24N2O3. The molecule has 0 fully saturated rings. The minimum absolute atomic E-state index is 0.300. The van der Waals surface area contributed by atoms with Gasteiger partial charge in [0.1, 0.15) is 0 Å². The minimum atomic E-state index is -0.926. The highest BCUT2D eigenvalue weighted by atomic mass is 16.5. The Morgan fingerprint density at radius 3 is 2.52 bits per heavy atom. The van der Waals surface area contributed by atoms with E-state index < -0.39 is 5.97 Å². The number of carboxylic acids is 1. The van der Waals surface area contributed by atoms with E-state index in [4.69, 9.17) is 9.84 Å². The largest absolute Gasteiger partial charge is 0.478 e. The zero-order valence-corrected chi connectivity index (χ0v) is 15.7. The maximum absolute atomic E-state index is 11.6. The number of methoxy groups -OCH3 is 1. The topological polar surface area (TPSA) is 64.3 Å². The molecule has 0 unspecified atom stereocenters. The van der Waals surface area contributed by atoms with Crippen molar-refractivity contribution >= 4 is 5.97 Å². The van der Waals surface area contributed by atoms with Crippen molar-refractivity contribution in [1.82, 2.24) is 9.78 Å². The third kappa shape index (κ3) is 4.26. The van der Waals surface area contributed by atoms with Crippen molar-refractivity contribution in [2.24, 2.45) is 0 Å². The summed E-state index contributed by atoms with van der Waals surface area (Å²) >= 11 is 0. The van der Waals surface area contributed by atoms with Crippen LogP contribution in [0.4, 0.5) is 0 Å². The SMILES string of the molecule is CCCc1cc(COC)n(Cc2ccccc2-c2ccccc2C(=O)O)n1. The average molecular weight is 364 g/mol. The van der Waals surface area contributed by atoms with Gasteiger partial charge in [0, 0.05) is 7.11 Å². The monoisotopic (exact) mass is 364 g/mol. The standard InChI is InChI=1S/C22H24N2O3/c1-3-8-17-13-18(15-27-2)24(23-17)14-16-9-4-5-10-19(16)20-11-6-7-12-21(20)22(25)26/h4-7,9-13H,3,8,14-15H2,1-2H3,(H,25,26). The Kier molecular flexibility index (Phi) is 6.04. The van der Waals surface area contributed by atoms with Crippen LogP contribution in [0.1, 0.15) is 40.7 Å². The first kappa shape index (κ1) is 18.9. The number of carbonyl (C=O) groups is 1. The van der Waals surface area contributed by atoms with E-state index >= 15 is 0 Å². The number of aryl methyl sites for hydroxylation is 1. The maximum atomic E-state index is 11.6. The molecule has 0 atom stereocenters. The summed E-state index contributed by atoms with van der Waals surface area (Å²) in [6, 6.07) is 17.1. The Labute approximate surface area is 159 Å². The molecule has 140 valence electrons. The van der Waals surface area contributed by atoms with E-state index in [0.717, 1.165) is 40.9 Å². The van der Waals surface area contributed by atoms with Gasteiger partial charge in [0.25, 0.3) is 0 Å². The van der Waals surface area contributed by atoms with Gasteiger partial charge in [-0.15, -0.1) is 0 Å². The Hall–Kier alpha value is -2.92. The number of aromatic carboxylic acids is 1. The van der Waals surface area contributed by atoms with Crippen LogP contribution in [0.2, 0.25) is 0 Å². The van der Waals surface area contributed by atoms with Crippen LogP contribution in [0.25, 0.3) is 11.1 Å². The third-order valence-corrected chi connectivity index (χ3v) is 4.50. The summed E-state index contributed by atoms with van der Waals surface area (Å²) in [6.07, 6.45) is 1.96. The van der Waals surface area contributed by atoms with Crippen LogP contribution in [0, 0.1) is 0 Å². The second kappa shape index (κ2) is 8.64. The van der Waals surface area contributed by atoms with Gasteiger partial charge in [-0.3, -0.25) is 4.68 Å². The molecule has 2 aromatic carbocycles.